The van der Waals surface area contributed by atoms with Crippen molar-refractivity contribution in [2.24, 2.45) is 0 Å². The molecule has 3 aromatic rings. The lowest BCUT2D eigenvalue weighted by Crippen LogP contribution is -2.21. The summed E-state index contributed by atoms with van der Waals surface area (Å²) in [5, 5.41) is 0.654. The minimum Gasteiger partial charge on any atom is -0.372 e. The van der Waals surface area contributed by atoms with Gasteiger partial charge in [0.15, 0.2) is 6.29 Å². The number of carbonyl (C=O) groups excluding carboxylic acids is 1. The van der Waals surface area contributed by atoms with Crippen LogP contribution in [0.1, 0.15) is 29.8 Å². The maximum Gasteiger partial charge on any atom is 0.243 e. The van der Waals surface area contributed by atoms with Gasteiger partial charge in [-0.05, 0) is 37.6 Å². The minimum atomic E-state index is -3.63. The first kappa shape index (κ1) is 18.2. The maximum absolute atomic E-state index is 12.9. The Morgan fingerprint density at radius 2 is 1.73 bits per heavy atom. The van der Waals surface area contributed by atoms with Gasteiger partial charge >= 0.3 is 0 Å². The Balaban J connectivity index is 2.11. The first-order valence-corrected chi connectivity index (χ1v) is 10.2. The van der Waals surface area contributed by atoms with Crippen LogP contribution in [-0.4, -0.2) is 31.8 Å². The summed E-state index contributed by atoms with van der Waals surface area (Å²) in [6, 6.07) is 14.6. The van der Waals surface area contributed by atoms with Crippen molar-refractivity contribution in [1.29, 1.82) is 0 Å². The van der Waals surface area contributed by atoms with Crippen molar-refractivity contribution in [2.75, 3.05) is 18.0 Å². The first-order chi connectivity index (χ1) is 12.5. The Labute approximate surface area is 153 Å². The summed E-state index contributed by atoms with van der Waals surface area (Å²) in [7, 11) is -3.63. The zero-order chi connectivity index (χ0) is 18.7. The van der Waals surface area contributed by atoms with Crippen LogP contribution >= 0.6 is 0 Å². The highest BCUT2D eigenvalue weighted by Crippen LogP contribution is 2.28. The quantitative estimate of drug-likeness (QED) is 0.595. The molecule has 0 aliphatic heterocycles. The van der Waals surface area contributed by atoms with E-state index >= 15 is 0 Å². The van der Waals surface area contributed by atoms with Crippen LogP contribution in [0.5, 0.6) is 0 Å². The summed E-state index contributed by atoms with van der Waals surface area (Å²) >= 11 is 0. The van der Waals surface area contributed by atoms with Crippen molar-refractivity contribution >= 4 is 32.9 Å². The fraction of sp³-hybridized carbons (Fsp3) is 0.250. The molecule has 6 heteroatoms. The van der Waals surface area contributed by atoms with Gasteiger partial charge in [-0.2, -0.15) is 0 Å². The van der Waals surface area contributed by atoms with E-state index in [9.17, 15) is 13.2 Å². The van der Waals surface area contributed by atoms with Gasteiger partial charge in [0, 0.05) is 35.9 Å². The molecule has 0 atom stereocenters. The van der Waals surface area contributed by atoms with E-state index in [2.05, 4.69) is 18.7 Å². The third-order valence-electron chi connectivity index (χ3n) is 4.53. The fourth-order valence-electron chi connectivity index (χ4n) is 3.18. The van der Waals surface area contributed by atoms with Crippen molar-refractivity contribution in [1.82, 2.24) is 3.97 Å². The van der Waals surface area contributed by atoms with Crippen LogP contribution in [0.4, 0.5) is 5.69 Å². The molecular weight excluding hydrogens is 348 g/mol. The molecular formula is C20H22N2O3S. The first-order valence-electron chi connectivity index (χ1n) is 8.62. The van der Waals surface area contributed by atoms with E-state index in [-0.39, 0.29) is 5.75 Å². The monoisotopic (exact) mass is 370 g/mol. The van der Waals surface area contributed by atoms with Crippen LogP contribution in [0.15, 0.2) is 54.7 Å². The highest BCUT2D eigenvalue weighted by atomic mass is 32.2. The highest BCUT2D eigenvalue weighted by Gasteiger charge is 2.20. The molecule has 0 spiro atoms. The summed E-state index contributed by atoms with van der Waals surface area (Å²) in [5.41, 5.74) is 2.59. The van der Waals surface area contributed by atoms with E-state index in [1.807, 2.05) is 30.3 Å². The van der Waals surface area contributed by atoms with Crippen molar-refractivity contribution in [3.8, 4) is 0 Å². The van der Waals surface area contributed by atoms with Crippen LogP contribution in [0, 0.1) is 0 Å². The second kappa shape index (κ2) is 7.33. The van der Waals surface area contributed by atoms with Gasteiger partial charge in [-0.15, -0.1) is 0 Å². The summed E-state index contributed by atoms with van der Waals surface area (Å²) in [4.78, 5) is 13.7. The van der Waals surface area contributed by atoms with E-state index in [1.165, 1.54) is 10.2 Å². The number of hydrogen-bond acceptors (Lipinski definition) is 4. The molecule has 136 valence electrons. The zero-order valence-electron chi connectivity index (χ0n) is 14.9. The van der Waals surface area contributed by atoms with E-state index < -0.39 is 10.0 Å². The lowest BCUT2D eigenvalue weighted by Gasteiger charge is -2.21. The lowest BCUT2D eigenvalue weighted by atomic mass is 10.1. The molecule has 1 aromatic heterocycles. The van der Waals surface area contributed by atoms with Crippen molar-refractivity contribution in [3.63, 3.8) is 0 Å². The number of rotatable bonds is 7. The van der Waals surface area contributed by atoms with Gasteiger partial charge < -0.3 is 4.90 Å². The van der Waals surface area contributed by atoms with Gasteiger partial charge in [0.1, 0.15) is 0 Å². The van der Waals surface area contributed by atoms with E-state index in [0.29, 0.717) is 28.3 Å². The van der Waals surface area contributed by atoms with E-state index in [1.54, 1.807) is 18.2 Å². The topological polar surface area (TPSA) is 59.4 Å². The van der Waals surface area contributed by atoms with Crippen LogP contribution in [-0.2, 0) is 15.8 Å². The Hall–Kier alpha value is -2.60. The second-order valence-electron chi connectivity index (χ2n) is 6.11. The SMILES string of the molecule is CCN(CC)c1ccc2c(c1)c(C=O)cn2S(=O)(=O)Cc1ccccc1. The number of aromatic nitrogens is 1. The smallest absolute Gasteiger partial charge is 0.243 e. The zero-order valence-corrected chi connectivity index (χ0v) is 15.7. The Morgan fingerprint density at radius 3 is 2.35 bits per heavy atom. The average molecular weight is 370 g/mol. The van der Waals surface area contributed by atoms with Gasteiger partial charge in [0.25, 0.3) is 0 Å². The van der Waals surface area contributed by atoms with Gasteiger partial charge in [0.2, 0.25) is 10.0 Å². The number of hydrogen-bond donors (Lipinski definition) is 0. The summed E-state index contributed by atoms with van der Waals surface area (Å²) < 4.78 is 27.1. The molecule has 1 heterocycles. The van der Waals surface area contributed by atoms with Crippen LogP contribution in [0.2, 0.25) is 0 Å². The maximum atomic E-state index is 12.9. The normalized spacial score (nSPS) is 11.6. The van der Waals surface area contributed by atoms with Crippen molar-refractivity contribution in [2.45, 2.75) is 19.6 Å². The Bertz CT molecular complexity index is 1020. The van der Waals surface area contributed by atoms with Crippen molar-refractivity contribution < 1.29 is 13.2 Å². The molecule has 2 aromatic carbocycles. The summed E-state index contributed by atoms with van der Waals surface area (Å²) in [6.45, 7) is 5.80. The number of nitrogens with zero attached hydrogens (tertiary/aromatic N) is 2. The second-order valence-corrected chi connectivity index (χ2v) is 7.96. The highest BCUT2D eigenvalue weighted by molar-refractivity contribution is 7.89. The molecule has 0 saturated heterocycles. The van der Waals surface area contributed by atoms with E-state index in [4.69, 9.17) is 0 Å². The molecule has 3 rings (SSSR count). The molecule has 0 radical (unpaired) electrons. The minimum absolute atomic E-state index is 0.117. The molecule has 0 N–H and O–H groups in total. The average Bonchev–Trinajstić information content (AvgIpc) is 3.02. The lowest BCUT2D eigenvalue weighted by molar-refractivity contribution is 0.112. The molecule has 5 nitrogen and oxygen atoms in total. The number of carbonyl (C=O) groups is 1. The number of fused-ring (bicyclic) bond motifs is 1. The molecule has 0 unspecified atom stereocenters. The van der Waals surface area contributed by atoms with Gasteiger partial charge in [-0.25, -0.2) is 12.4 Å². The predicted octanol–water partition coefficient (Wildman–Crippen LogP) is 3.68. The molecule has 0 bridgehead atoms. The number of anilines is 1. The van der Waals surface area contributed by atoms with Gasteiger partial charge in [-0.3, -0.25) is 4.79 Å². The molecule has 0 aliphatic carbocycles. The van der Waals surface area contributed by atoms with Gasteiger partial charge in [0.05, 0.1) is 11.3 Å². The third kappa shape index (κ3) is 3.37. The van der Waals surface area contributed by atoms with Crippen LogP contribution in [0.25, 0.3) is 10.9 Å². The van der Waals surface area contributed by atoms with Gasteiger partial charge in [-0.1, -0.05) is 30.3 Å². The fourth-order valence-corrected chi connectivity index (χ4v) is 4.66. The molecule has 26 heavy (non-hydrogen) atoms. The predicted molar refractivity (Wildman–Crippen MR) is 105 cm³/mol. The number of benzene rings is 2. The number of aldehydes is 1. The standard InChI is InChI=1S/C20H22N2O3S/c1-3-21(4-2)18-10-11-20-19(12-18)17(14-23)13-22(20)26(24,25)15-16-8-6-5-7-9-16/h5-14H,3-4,15H2,1-2H3. The summed E-state index contributed by atoms with van der Waals surface area (Å²) in [5.74, 6) is -0.117. The third-order valence-corrected chi connectivity index (χ3v) is 6.13. The van der Waals surface area contributed by atoms with E-state index in [0.717, 1.165) is 18.8 Å². The molecule has 0 aliphatic rings. The largest absolute Gasteiger partial charge is 0.372 e. The van der Waals surface area contributed by atoms with Crippen LogP contribution < -0.4 is 4.90 Å². The van der Waals surface area contributed by atoms with Crippen molar-refractivity contribution in [3.05, 3.63) is 65.9 Å². The Morgan fingerprint density at radius 1 is 1.04 bits per heavy atom. The Kier molecular flexibility index (Phi) is 5.13. The molecule has 0 saturated carbocycles. The molecule has 0 amide bonds. The van der Waals surface area contributed by atoms with Crippen LogP contribution in [0.3, 0.4) is 0 Å². The molecule has 0 fully saturated rings. The summed E-state index contributed by atoms with van der Waals surface area (Å²) in [6.07, 6.45) is 2.13.